The van der Waals surface area contributed by atoms with Gasteiger partial charge in [-0.05, 0) is 45.0 Å². The number of hydrogen-bond acceptors (Lipinski definition) is 7. The third-order valence-electron chi connectivity index (χ3n) is 6.51. The van der Waals surface area contributed by atoms with Crippen LogP contribution in [-0.2, 0) is 14.3 Å². The van der Waals surface area contributed by atoms with Gasteiger partial charge in [0.1, 0.15) is 16.3 Å². The van der Waals surface area contributed by atoms with Gasteiger partial charge in [0.15, 0.2) is 4.80 Å². The van der Waals surface area contributed by atoms with Gasteiger partial charge in [0.05, 0.1) is 35.7 Å². The monoisotopic (exact) mass is 607 g/mol. The number of methoxy groups -OCH3 is 1. The molecule has 2 aliphatic rings. The molecular weight excluding hydrogens is 582 g/mol. The first-order valence-electron chi connectivity index (χ1n) is 12.3. The van der Waals surface area contributed by atoms with Crippen LogP contribution in [0.3, 0.4) is 0 Å². The Morgan fingerprint density at radius 1 is 1.23 bits per heavy atom. The maximum atomic E-state index is 14.3. The SMILES string of the molecule is C=CCN1C(=O)/C(=c2\sc3n(c2=O)[C@H](c2cc(Br)ccc2OC)C(C(=O)OC(C)C)=C(C)N=3)c2ccccc21. The Balaban J connectivity index is 1.85. The predicted octanol–water partition coefficient (Wildman–Crippen LogP) is 3.86. The van der Waals surface area contributed by atoms with Gasteiger partial charge in [-0.3, -0.25) is 14.2 Å². The number of thiazole rings is 1. The zero-order valence-corrected chi connectivity index (χ0v) is 24.3. The summed E-state index contributed by atoms with van der Waals surface area (Å²) in [7, 11) is 1.53. The number of esters is 1. The number of fused-ring (bicyclic) bond motifs is 2. The first-order chi connectivity index (χ1) is 18.7. The number of allylic oxidation sites excluding steroid dienone is 1. The van der Waals surface area contributed by atoms with Gasteiger partial charge >= 0.3 is 5.97 Å². The van der Waals surface area contributed by atoms with Crippen molar-refractivity contribution in [2.24, 2.45) is 4.99 Å². The summed E-state index contributed by atoms with van der Waals surface area (Å²) >= 11 is 4.64. The number of ether oxygens (including phenoxy) is 2. The van der Waals surface area contributed by atoms with Crippen molar-refractivity contribution in [2.45, 2.75) is 32.9 Å². The van der Waals surface area contributed by atoms with Crippen LogP contribution < -0.4 is 24.5 Å². The zero-order valence-electron chi connectivity index (χ0n) is 21.9. The average molecular weight is 609 g/mol. The molecule has 0 spiro atoms. The third kappa shape index (κ3) is 4.47. The number of nitrogens with zero attached hydrogens (tertiary/aromatic N) is 3. The lowest BCUT2D eigenvalue weighted by Crippen LogP contribution is -2.41. The fourth-order valence-corrected chi connectivity index (χ4v) is 6.45. The van der Waals surface area contributed by atoms with Crippen molar-refractivity contribution in [3.8, 4) is 5.75 Å². The van der Waals surface area contributed by atoms with Crippen molar-refractivity contribution in [1.29, 1.82) is 0 Å². The Hall–Kier alpha value is -3.76. The molecule has 1 aromatic heterocycles. The van der Waals surface area contributed by atoms with E-state index in [2.05, 4.69) is 27.5 Å². The second-order valence-electron chi connectivity index (χ2n) is 9.34. The molecule has 2 aliphatic heterocycles. The van der Waals surface area contributed by atoms with Crippen LogP contribution in [0.4, 0.5) is 5.69 Å². The molecular formula is C29H26BrN3O5S. The minimum atomic E-state index is -0.884. The number of amides is 1. The van der Waals surface area contributed by atoms with Gasteiger partial charge in [-0.1, -0.05) is 51.5 Å². The first kappa shape index (κ1) is 26.8. The summed E-state index contributed by atoms with van der Waals surface area (Å²) in [5.41, 5.74) is 2.51. The van der Waals surface area contributed by atoms with E-state index >= 15 is 0 Å². The number of anilines is 1. The number of halogens is 1. The minimum Gasteiger partial charge on any atom is -0.496 e. The van der Waals surface area contributed by atoms with Crippen LogP contribution in [0, 0.1) is 0 Å². The lowest BCUT2D eigenvalue weighted by Gasteiger charge is -2.26. The van der Waals surface area contributed by atoms with Crippen molar-refractivity contribution in [2.75, 3.05) is 18.6 Å². The first-order valence-corrected chi connectivity index (χ1v) is 13.9. The van der Waals surface area contributed by atoms with E-state index in [1.807, 2.05) is 36.4 Å². The van der Waals surface area contributed by atoms with Gasteiger partial charge in [-0.2, -0.15) is 0 Å². The Morgan fingerprint density at radius 2 is 1.97 bits per heavy atom. The Kier molecular flexibility index (Phi) is 7.17. The molecule has 3 aromatic rings. The molecule has 0 saturated carbocycles. The van der Waals surface area contributed by atoms with Crippen molar-refractivity contribution < 1.29 is 19.1 Å². The van der Waals surface area contributed by atoms with Gasteiger partial charge in [0, 0.05) is 22.1 Å². The summed E-state index contributed by atoms with van der Waals surface area (Å²) in [5.74, 6) is -0.366. The third-order valence-corrected chi connectivity index (χ3v) is 8.05. The molecule has 3 heterocycles. The molecule has 200 valence electrons. The summed E-state index contributed by atoms with van der Waals surface area (Å²) in [6.07, 6.45) is 1.27. The standard InChI is InChI=1S/C29H26BrN3O5S/c1-6-13-32-20-10-8-7-9-18(20)23(26(32)34)25-27(35)33-24(19-14-17(30)11-12-21(19)37-5)22(28(36)38-15(2)3)16(4)31-29(33)39-25/h6-12,14-15,24H,1,13H2,2-5H3/b25-23-/t24-/m1/s1. The van der Waals surface area contributed by atoms with Gasteiger partial charge in [0.25, 0.3) is 11.5 Å². The molecule has 0 fully saturated rings. The molecule has 0 saturated heterocycles. The molecule has 10 heteroatoms. The second kappa shape index (κ2) is 10.4. The molecule has 0 aliphatic carbocycles. The molecule has 0 radical (unpaired) electrons. The maximum absolute atomic E-state index is 14.3. The highest BCUT2D eigenvalue weighted by molar-refractivity contribution is 9.10. The zero-order chi connectivity index (χ0) is 28.0. The number of carbonyl (C=O) groups is 2. The minimum absolute atomic E-state index is 0.232. The molecule has 39 heavy (non-hydrogen) atoms. The van der Waals surface area contributed by atoms with E-state index in [1.165, 1.54) is 11.7 Å². The highest BCUT2D eigenvalue weighted by atomic mass is 79.9. The van der Waals surface area contributed by atoms with Crippen LogP contribution in [0.1, 0.15) is 37.9 Å². The van der Waals surface area contributed by atoms with E-state index in [0.29, 0.717) is 45.2 Å². The Labute approximate surface area is 237 Å². The van der Waals surface area contributed by atoms with E-state index in [4.69, 9.17) is 9.47 Å². The Bertz CT molecular complexity index is 1750. The molecule has 8 nitrogen and oxygen atoms in total. The predicted molar refractivity (Wildman–Crippen MR) is 154 cm³/mol. The number of hydrogen-bond donors (Lipinski definition) is 0. The summed E-state index contributed by atoms with van der Waals surface area (Å²) in [4.78, 5) is 47.9. The summed E-state index contributed by atoms with van der Waals surface area (Å²) in [6, 6.07) is 11.9. The van der Waals surface area contributed by atoms with E-state index < -0.39 is 17.6 Å². The molecule has 5 rings (SSSR count). The lowest BCUT2D eigenvalue weighted by atomic mass is 9.95. The number of aromatic nitrogens is 1. The highest BCUT2D eigenvalue weighted by Gasteiger charge is 2.38. The molecule has 0 bridgehead atoms. The topological polar surface area (TPSA) is 90.2 Å². The van der Waals surface area contributed by atoms with Crippen LogP contribution in [0.2, 0.25) is 0 Å². The normalized spacial score (nSPS) is 17.6. The van der Waals surface area contributed by atoms with Crippen LogP contribution in [0.25, 0.3) is 5.57 Å². The van der Waals surface area contributed by atoms with Crippen molar-refractivity contribution >= 4 is 50.4 Å². The highest BCUT2D eigenvalue weighted by Crippen LogP contribution is 2.38. The summed E-state index contributed by atoms with van der Waals surface area (Å²) < 4.78 is 13.7. The van der Waals surface area contributed by atoms with E-state index in [-0.39, 0.29) is 22.1 Å². The quantitative estimate of drug-likeness (QED) is 0.313. The maximum Gasteiger partial charge on any atom is 0.338 e. The van der Waals surface area contributed by atoms with Gasteiger partial charge in [-0.25, -0.2) is 9.79 Å². The van der Waals surface area contributed by atoms with Crippen LogP contribution >= 0.6 is 27.3 Å². The van der Waals surface area contributed by atoms with Crippen LogP contribution in [0.5, 0.6) is 5.75 Å². The molecule has 0 N–H and O–H groups in total. The number of rotatable bonds is 6. The number of para-hydroxylation sites is 1. The van der Waals surface area contributed by atoms with E-state index in [0.717, 1.165) is 15.8 Å². The van der Waals surface area contributed by atoms with E-state index in [1.54, 1.807) is 37.8 Å². The van der Waals surface area contributed by atoms with Crippen molar-refractivity contribution in [3.05, 3.63) is 102 Å². The molecule has 2 aromatic carbocycles. The van der Waals surface area contributed by atoms with Gasteiger partial charge < -0.3 is 14.4 Å². The largest absolute Gasteiger partial charge is 0.496 e. The number of benzene rings is 2. The van der Waals surface area contributed by atoms with Crippen LogP contribution in [-0.4, -0.2) is 36.2 Å². The van der Waals surface area contributed by atoms with Crippen LogP contribution in [0.15, 0.2) is 80.6 Å². The number of carbonyl (C=O) groups excluding carboxylic acids is 2. The van der Waals surface area contributed by atoms with Crippen molar-refractivity contribution in [3.63, 3.8) is 0 Å². The summed E-state index contributed by atoms with van der Waals surface area (Å²) in [5, 5.41) is 0. The second-order valence-corrected chi connectivity index (χ2v) is 11.2. The molecule has 1 atom stereocenters. The molecule has 0 unspecified atom stereocenters. The molecule has 1 amide bonds. The van der Waals surface area contributed by atoms with E-state index in [9.17, 15) is 14.4 Å². The smallest absolute Gasteiger partial charge is 0.338 e. The van der Waals surface area contributed by atoms with Gasteiger partial charge in [-0.15, -0.1) is 6.58 Å². The van der Waals surface area contributed by atoms with Gasteiger partial charge in [0.2, 0.25) is 0 Å². The lowest BCUT2D eigenvalue weighted by molar-refractivity contribution is -0.143. The fourth-order valence-electron chi connectivity index (χ4n) is 4.93. The van der Waals surface area contributed by atoms with Crippen molar-refractivity contribution in [1.82, 2.24) is 4.57 Å². The Morgan fingerprint density at radius 3 is 2.67 bits per heavy atom. The summed E-state index contributed by atoms with van der Waals surface area (Å²) in [6.45, 7) is 9.32. The fraction of sp³-hybridized carbons (Fsp3) is 0.241. The average Bonchev–Trinajstić information content (AvgIpc) is 3.35.